The van der Waals surface area contributed by atoms with Crippen molar-refractivity contribution >= 4 is 29.3 Å². The maximum Gasteiger partial charge on any atom is 0.248 e. The van der Waals surface area contributed by atoms with Gasteiger partial charge in [-0.1, -0.05) is 0 Å². The van der Waals surface area contributed by atoms with E-state index in [9.17, 15) is 9.59 Å². The molecule has 0 saturated carbocycles. The number of ether oxygens (including phenoxy) is 2. The van der Waals surface area contributed by atoms with Crippen molar-refractivity contribution in [3.8, 4) is 11.5 Å². The van der Waals surface area contributed by atoms with Crippen LogP contribution in [-0.2, 0) is 9.59 Å². The molecule has 2 atom stereocenters. The Morgan fingerprint density at radius 3 is 2.67 bits per heavy atom. The minimum absolute atomic E-state index is 0.0617. The van der Waals surface area contributed by atoms with Crippen LogP contribution in [0, 0.1) is 6.92 Å². The Morgan fingerprint density at radius 1 is 1.33 bits per heavy atom. The summed E-state index contributed by atoms with van der Waals surface area (Å²) >= 11 is 1.68. The van der Waals surface area contributed by atoms with E-state index < -0.39 is 6.04 Å². The third-order valence-electron chi connectivity index (χ3n) is 4.74. The van der Waals surface area contributed by atoms with Crippen molar-refractivity contribution in [2.75, 3.05) is 25.3 Å². The molecule has 24 heavy (non-hydrogen) atoms. The molecule has 3 rings (SSSR count). The summed E-state index contributed by atoms with van der Waals surface area (Å²) in [6, 6.07) is 3.14. The Bertz CT molecular complexity index is 693. The standard InChI is InChI=1S/C17H22N2O4S/c1-10-7-13(22-3)14(23-4)8-11(10)18-16(21)12-9-24-17(2)6-5-15(20)19(12)17/h7-8,12H,5-6,9H2,1-4H3,(H,18,21)/t12-,17+/m1/s1. The Labute approximate surface area is 145 Å². The van der Waals surface area contributed by atoms with Gasteiger partial charge in [0.25, 0.3) is 0 Å². The molecule has 0 aromatic heterocycles. The highest BCUT2D eigenvalue weighted by Crippen LogP contribution is 2.47. The van der Waals surface area contributed by atoms with Crippen LogP contribution in [0.4, 0.5) is 5.69 Å². The minimum Gasteiger partial charge on any atom is -0.493 e. The number of anilines is 1. The zero-order valence-electron chi connectivity index (χ0n) is 14.3. The molecule has 2 amide bonds. The average Bonchev–Trinajstić information content (AvgIpc) is 3.05. The zero-order valence-corrected chi connectivity index (χ0v) is 15.2. The molecule has 2 fully saturated rings. The summed E-state index contributed by atoms with van der Waals surface area (Å²) in [6.45, 7) is 3.93. The van der Waals surface area contributed by atoms with Crippen LogP contribution in [0.15, 0.2) is 12.1 Å². The third-order valence-corrected chi connectivity index (χ3v) is 6.24. The van der Waals surface area contributed by atoms with E-state index in [4.69, 9.17) is 9.47 Å². The van der Waals surface area contributed by atoms with Crippen LogP contribution in [0.2, 0.25) is 0 Å². The number of thioether (sulfide) groups is 1. The molecule has 7 heteroatoms. The van der Waals surface area contributed by atoms with Gasteiger partial charge in [-0.2, -0.15) is 0 Å². The van der Waals surface area contributed by atoms with Gasteiger partial charge in [0.05, 0.1) is 19.1 Å². The molecule has 2 aliphatic heterocycles. The van der Waals surface area contributed by atoms with Gasteiger partial charge in [-0.25, -0.2) is 0 Å². The molecule has 2 aliphatic rings. The molecule has 130 valence electrons. The third kappa shape index (κ3) is 2.70. The molecule has 0 aliphatic carbocycles. The lowest BCUT2D eigenvalue weighted by Crippen LogP contribution is -2.48. The Balaban J connectivity index is 1.82. The van der Waals surface area contributed by atoms with E-state index >= 15 is 0 Å². The van der Waals surface area contributed by atoms with Crippen molar-refractivity contribution in [3.63, 3.8) is 0 Å². The summed E-state index contributed by atoms with van der Waals surface area (Å²) in [5.74, 6) is 1.71. The molecule has 2 saturated heterocycles. The predicted octanol–water partition coefficient (Wildman–Crippen LogP) is 2.40. The second kappa shape index (κ2) is 6.20. The van der Waals surface area contributed by atoms with Crippen LogP contribution in [-0.4, -0.2) is 47.6 Å². The van der Waals surface area contributed by atoms with Crippen LogP contribution in [0.25, 0.3) is 0 Å². The van der Waals surface area contributed by atoms with E-state index in [1.165, 1.54) is 0 Å². The normalized spacial score (nSPS) is 25.6. The zero-order chi connectivity index (χ0) is 17.5. The number of aryl methyl sites for hydroxylation is 1. The average molecular weight is 350 g/mol. The number of hydrogen-bond donors (Lipinski definition) is 1. The largest absolute Gasteiger partial charge is 0.493 e. The second-order valence-electron chi connectivity index (χ2n) is 6.28. The van der Waals surface area contributed by atoms with E-state index in [2.05, 4.69) is 5.32 Å². The van der Waals surface area contributed by atoms with Gasteiger partial charge in [-0.3, -0.25) is 9.59 Å². The first-order chi connectivity index (χ1) is 11.4. The summed E-state index contributed by atoms with van der Waals surface area (Å²) in [6.07, 6.45) is 1.32. The van der Waals surface area contributed by atoms with Gasteiger partial charge >= 0.3 is 0 Å². The molecule has 0 bridgehead atoms. The van der Waals surface area contributed by atoms with Crippen molar-refractivity contribution < 1.29 is 19.1 Å². The van der Waals surface area contributed by atoms with Gasteiger partial charge in [-0.15, -0.1) is 11.8 Å². The summed E-state index contributed by atoms with van der Waals surface area (Å²) in [4.78, 5) is 26.4. The molecule has 0 spiro atoms. The van der Waals surface area contributed by atoms with Crippen molar-refractivity contribution in [2.24, 2.45) is 0 Å². The first kappa shape index (κ1) is 17.0. The number of nitrogens with one attached hydrogen (secondary N) is 1. The van der Waals surface area contributed by atoms with Gasteiger partial charge < -0.3 is 19.7 Å². The van der Waals surface area contributed by atoms with E-state index in [1.807, 2.05) is 19.9 Å². The second-order valence-corrected chi connectivity index (χ2v) is 7.78. The summed E-state index contributed by atoms with van der Waals surface area (Å²) < 4.78 is 10.6. The maximum absolute atomic E-state index is 12.8. The van der Waals surface area contributed by atoms with E-state index in [-0.39, 0.29) is 16.7 Å². The van der Waals surface area contributed by atoms with Crippen molar-refractivity contribution in [1.82, 2.24) is 4.90 Å². The van der Waals surface area contributed by atoms with Gasteiger partial charge in [0.2, 0.25) is 11.8 Å². The van der Waals surface area contributed by atoms with Crippen LogP contribution >= 0.6 is 11.8 Å². The molecule has 1 aromatic rings. The number of carbonyl (C=O) groups is 2. The van der Waals surface area contributed by atoms with Crippen LogP contribution < -0.4 is 14.8 Å². The summed E-state index contributed by atoms with van der Waals surface area (Å²) in [5.41, 5.74) is 1.55. The highest BCUT2D eigenvalue weighted by molar-refractivity contribution is 8.01. The molecular weight excluding hydrogens is 328 g/mol. The number of rotatable bonds is 4. The number of hydrogen-bond acceptors (Lipinski definition) is 5. The molecule has 0 radical (unpaired) electrons. The van der Waals surface area contributed by atoms with Crippen molar-refractivity contribution in [1.29, 1.82) is 0 Å². The quantitative estimate of drug-likeness (QED) is 0.903. The maximum atomic E-state index is 12.8. The fourth-order valence-electron chi connectivity index (χ4n) is 3.35. The molecule has 6 nitrogen and oxygen atoms in total. The SMILES string of the molecule is COc1cc(C)c(NC(=O)[C@H]2CS[C@@]3(C)CCC(=O)N23)cc1OC. The van der Waals surface area contributed by atoms with Gasteiger partial charge in [0.15, 0.2) is 11.5 Å². The molecule has 2 heterocycles. The number of methoxy groups -OCH3 is 2. The number of fused-ring (bicyclic) bond motifs is 1. The monoisotopic (exact) mass is 350 g/mol. The Hall–Kier alpha value is -1.89. The van der Waals surface area contributed by atoms with Crippen molar-refractivity contribution in [3.05, 3.63) is 17.7 Å². The lowest BCUT2D eigenvalue weighted by molar-refractivity contribution is -0.135. The summed E-state index contributed by atoms with van der Waals surface area (Å²) in [7, 11) is 3.13. The molecule has 1 N–H and O–H groups in total. The number of nitrogens with zero attached hydrogens (tertiary/aromatic N) is 1. The van der Waals surface area contributed by atoms with Gasteiger partial charge in [0, 0.05) is 23.9 Å². The van der Waals surface area contributed by atoms with Gasteiger partial charge in [-0.05, 0) is 31.9 Å². The van der Waals surface area contributed by atoms with Crippen LogP contribution in [0.3, 0.4) is 0 Å². The fraction of sp³-hybridized carbons (Fsp3) is 0.529. The predicted molar refractivity (Wildman–Crippen MR) is 93.6 cm³/mol. The smallest absolute Gasteiger partial charge is 0.248 e. The van der Waals surface area contributed by atoms with Crippen molar-refractivity contribution in [2.45, 2.75) is 37.6 Å². The first-order valence-electron chi connectivity index (χ1n) is 7.89. The van der Waals surface area contributed by atoms with Crippen LogP contribution in [0.1, 0.15) is 25.3 Å². The topological polar surface area (TPSA) is 67.9 Å². The lowest BCUT2D eigenvalue weighted by atomic mass is 10.1. The highest BCUT2D eigenvalue weighted by Gasteiger charge is 2.52. The minimum atomic E-state index is -0.428. The number of benzene rings is 1. The molecule has 0 unspecified atom stereocenters. The molecular formula is C17H22N2O4S. The molecule has 1 aromatic carbocycles. The summed E-state index contributed by atoms with van der Waals surface area (Å²) in [5, 5.41) is 2.95. The number of carbonyl (C=O) groups excluding carboxylic acids is 2. The Morgan fingerprint density at radius 2 is 2.00 bits per heavy atom. The fourth-order valence-corrected chi connectivity index (χ4v) is 4.78. The van der Waals surface area contributed by atoms with E-state index in [0.717, 1.165) is 12.0 Å². The first-order valence-corrected chi connectivity index (χ1v) is 8.88. The van der Waals surface area contributed by atoms with E-state index in [0.29, 0.717) is 29.4 Å². The highest BCUT2D eigenvalue weighted by atomic mass is 32.2. The van der Waals surface area contributed by atoms with Crippen LogP contribution in [0.5, 0.6) is 11.5 Å². The van der Waals surface area contributed by atoms with Gasteiger partial charge in [0.1, 0.15) is 6.04 Å². The Kier molecular flexibility index (Phi) is 4.38. The number of amides is 2. The van der Waals surface area contributed by atoms with E-state index in [1.54, 1.807) is 36.9 Å². The lowest BCUT2D eigenvalue weighted by Gasteiger charge is -2.30.